The Balaban J connectivity index is 1.64. The molecular formula is C17H22N2O2. The fourth-order valence-electron chi connectivity index (χ4n) is 3.88. The Kier molecular flexibility index (Phi) is 3.05. The van der Waals surface area contributed by atoms with E-state index in [1.165, 1.54) is 5.56 Å². The van der Waals surface area contributed by atoms with Crippen LogP contribution < -0.4 is 5.32 Å². The minimum atomic E-state index is -0.258. The summed E-state index contributed by atoms with van der Waals surface area (Å²) in [6, 6.07) is 10.6. The number of amides is 1. The maximum atomic E-state index is 12.9. The molecule has 4 heteroatoms. The second kappa shape index (κ2) is 4.82. The van der Waals surface area contributed by atoms with Gasteiger partial charge in [0.25, 0.3) is 0 Å². The van der Waals surface area contributed by atoms with Crippen molar-refractivity contribution in [2.45, 2.75) is 56.0 Å². The number of carbonyl (C=O) groups is 1. The van der Waals surface area contributed by atoms with Gasteiger partial charge in [-0.1, -0.05) is 30.3 Å². The summed E-state index contributed by atoms with van der Waals surface area (Å²) in [4.78, 5) is 15.0. The molecule has 0 aromatic heterocycles. The molecule has 21 heavy (non-hydrogen) atoms. The average Bonchev–Trinajstić information content (AvgIpc) is 3.05. The Morgan fingerprint density at radius 1 is 1.24 bits per heavy atom. The predicted octanol–water partition coefficient (Wildman–Crippen LogP) is 2.22. The number of methoxy groups -OCH3 is 1. The summed E-state index contributed by atoms with van der Waals surface area (Å²) in [7, 11) is 1.77. The average molecular weight is 286 g/mol. The zero-order chi connectivity index (χ0) is 14.4. The smallest absolute Gasteiger partial charge is 0.244 e. The van der Waals surface area contributed by atoms with Gasteiger partial charge in [-0.05, 0) is 37.7 Å². The second-order valence-corrected chi connectivity index (χ2v) is 6.58. The standard InChI is InChI=1S/C17H22N2O2/c1-21-14-8-7-13(11-14)19-15(12-5-3-2-4-6-12)18-17(9-10-17)16(19)20/h2-6,13-15,18H,7-11H2,1H3. The van der Waals surface area contributed by atoms with Crippen molar-refractivity contribution in [1.29, 1.82) is 0 Å². The van der Waals surface area contributed by atoms with Gasteiger partial charge in [-0.2, -0.15) is 0 Å². The summed E-state index contributed by atoms with van der Waals surface area (Å²) in [6.45, 7) is 0. The van der Waals surface area contributed by atoms with Crippen molar-refractivity contribution in [1.82, 2.24) is 10.2 Å². The first-order valence-corrected chi connectivity index (χ1v) is 7.92. The molecule has 4 rings (SSSR count). The fraction of sp³-hybridized carbons (Fsp3) is 0.588. The predicted molar refractivity (Wildman–Crippen MR) is 79.6 cm³/mol. The van der Waals surface area contributed by atoms with Gasteiger partial charge in [0.15, 0.2) is 0 Å². The number of hydrogen-bond donors (Lipinski definition) is 1. The molecular weight excluding hydrogens is 264 g/mol. The quantitative estimate of drug-likeness (QED) is 0.926. The van der Waals surface area contributed by atoms with E-state index in [1.54, 1.807) is 7.11 Å². The van der Waals surface area contributed by atoms with Crippen molar-refractivity contribution < 1.29 is 9.53 Å². The summed E-state index contributed by atoms with van der Waals surface area (Å²) in [5.74, 6) is 0.304. The molecule has 112 valence electrons. The number of carbonyl (C=O) groups excluding carboxylic acids is 1. The van der Waals surface area contributed by atoms with Crippen LogP contribution >= 0.6 is 0 Å². The Bertz CT molecular complexity index is 541. The molecule has 3 aliphatic rings. The van der Waals surface area contributed by atoms with Crippen LogP contribution in [-0.4, -0.2) is 35.6 Å². The Hall–Kier alpha value is -1.39. The molecule has 1 aliphatic heterocycles. The van der Waals surface area contributed by atoms with Crippen LogP contribution in [0.4, 0.5) is 0 Å². The molecule has 0 radical (unpaired) electrons. The topological polar surface area (TPSA) is 41.6 Å². The van der Waals surface area contributed by atoms with Crippen molar-refractivity contribution in [3.8, 4) is 0 Å². The fourth-order valence-corrected chi connectivity index (χ4v) is 3.88. The lowest BCUT2D eigenvalue weighted by Gasteiger charge is -2.30. The molecule has 3 fully saturated rings. The first kappa shape index (κ1) is 13.3. The number of ether oxygens (including phenoxy) is 1. The molecule has 2 aliphatic carbocycles. The van der Waals surface area contributed by atoms with Gasteiger partial charge in [-0.15, -0.1) is 0 Å². The maximum Gasteiger partial charge on any atom is 0.244 e. The summed E-state index contributed by atoms with van der Waals surface area (Å²) in [5, 5.41) is 3.60. The minimum absolute atomic E-state index is 0.0295. The van der Waals surface area contributed by atoms with E-state index in [-0.39, 0.29) is 11.7 Å². The molecule has 1 saturated heterocycles. The monoisotopic (exact) mass is 286 g/mol. The van der Waals surface area contributed by atoms with E-state index in [1.807, 2.05) is 18.2 Å². The van der Waals surface area contributed by atoms with Gasteiger partial charge < -0.3 is 9.64 Å². The van der Waals surface area contributed by atoms with Crippen LogP contribution in [0.1, 0.15) is 43.8 Å². The second-order valence-electron chi connectivity index (χ2n) is 6.58. The molecule has 2 saturated carbocycles. The van der Waals surface area contributed by atoms with Crippen LogP contribution in [0.15, 0.2) is 30.3 Å². The molecule has 1 aromatic carbocycles. The lowest BCUT2D eigenvalue weighted by molar-refractivity contribution is -0.133. The molecule has 1 aromatic rings. The molecule has 3 unspecified atom stereocenters. The van der Waals surface area contributed by atoms with Crippen LogP contribution in [0.25, 0.3) is 0 Å². The zero-order valence-corrected chi connectivity index (χ0v) is 12.4. The summed E-state index contributed by atoms with van der Waals surface area (Å²) < 4.78 is 5.49. The minimum Gasteiger partial charge on any atom is -0.381 e. The summed E-state index contributed by atoms with van der Waals surface area (Å²) >= 11 is 0. The van der Waals surface area contributed by atoms with Crippen molar-refractivity contribution in [2.24, 2.45) is 0 Å². The van der Waals surface area contributed by atoms with E-state index in [2.05, 4.69) is 22.3 Å². The molecule has 1 spiro atoms. The first-order chi connectivity index (χ1) is 10.2. The SMILES string of the molecule is COC1CCC(N2C(=O)C3(CC3)NC2c2ccccc2)C1. The lowest BCUT2D eigenvalue weighted by Crippen LogP contribution is -2.39. The van der Waals surface area contributed by atoms with Crippen LogP contribution in [0, 0.1) is 0 Å². The number of benzene rings is 1. The van der Waals surface area contributed by atoms with Gasteiger partial charge in [0.1, 0.15) is 11.7 Å². The van der Waals surface area contributed by atoms with Gasteiger partial charge in [0.05, 0.1) is 6.10 Å². The highest BCUT2D eigenvalue weighted by atomic mass is 16.5. The number of nitrogens with zero attached hydrogens (tertiary/aromatic N) is 1. The van der Waals surface area contributed by atoms with Gasteiger partial charge in [0, 0.05) is 13.2 Å². The highest BCUT2D eigenvalue weighted by Crippen LogP contribution is 2.48. The highest BCUT2D eigenvalue weighted by Gasteiger charge is 2.60. The van der Waals surface area contributed by atoms with Gasteiger partial charge >= 0.3 is 0 Å². The van der Waals surface area contributed by atoms with Crippen molar-refractivity contribution >= 4 is 5.91 Å². The molecule has 1 heterocycles. The summed E-state index contributed by atoms with van der Waals surface area (Å²) in [6.07, 6.45) is 5.35. The van der Waals surface area contributed by atoms with Crippen LogP contribution in [0.2, 0.25) is 0 Å². The van der Waals surface area contributed by atoms with E-state index in [9.17, 15) is 4.79 Å². The third kappa shape index (κ3) is 2.09. The van der Waals surface area contributed by atoms with Crippen molar-refractivity contribution in [3.05, 3.63) is 35.9 Å². The van der Waals surface area contributed by atoms with E-state index >= 15 is 0 Å². The number of nitrogens with one attached hydrogen (secondary N) is 1. The van der Waals surface area contributed by atoms with Crippen molar-refractivity contribution in [3.63, 3.8) is 0 Å². The summed E-state index contributed by atoms with van der Waals surface area (Å²) in [5.41, 5.74) is 0.932. The largest absolute Gasteiger partial charge is 0.381 e. The molecule has 0 bridgehead atoms. The van der Waals surface area contributed by atoms with Gasteiger partial charge in [-0.25, -0.2) is 0 Å². The molecule has 3 atom stereocenters. The van der Waals surface area contributed by atoms with Crippen LogP contribution in [-0.2, 0) is 9.53 Å². The highest BCUT2D eigenvalue weighted by molar-refractivity contribution is 5.92. The van der Waals surface area contributed by atoms with E-state index in [0.29, 0.717) is 18.1 Å². The third-order valence-corrected chi connectivity index (χ3v) is 5.28. The van der Waals surface area contributed by atoms with Crippen molar-refractivity contribution in [2.75, 3.05) is 7.11 Å². The van der Waals surface area contributed by atoms with Gasteiger partial charge in [0.2, 0.25) is 5.91 Å². The molecule has 1 N–H and O–H groups in total. The normalized spacial score (nSPS) is 33.9. The molecule has 4 nitrogen and oxygen atoms in total. The van der Waals surface area contributed by atoms with Crippen LogP contribution in [0.5, 0.6) is 0 Å². The first-order valence-electron chi connectivity index (χ1n) is 7.92. The van der Waals surface area contributed by atoms with E-state index < -0.39 is 0 Å². The maximum absolute atomic E-state index is 12.9. The molecule has 1 amide bonds. The van der Waals surface area contributed by atoms with Gasteiger partial charge in [-0.3, -0.25) is 10.1 Å². The number of rotatable bonds is 3. The zero-order valence-electron chi connectivity index (χ0n) is 12.4. The number of hydrogen-bond acceptors (Lipinski definition) is 3. The lowest BCUT2D eigenvalue weighted by atomic mass is 10.1. The Morgan fingerprint density at radius 3 is 2.62 bits per heavy atom. The van der Waals surface area contributed by atoms with E-state index in [0.717, 1.165) is 32.1 Å². The Morgan fingerprint density at radius 2 is 2.00 bits per heavy atom. The van der Waals surface area contributed by atoms with Crippen LogP contribution in [0.3, 0.4) is 0 Å². The Labute approximate surface area is 125 Å². The third-order valence-electron chi connectivity index (χ3n) is 5.28. The van der Waals surface area contributed by atoms with E-state index in [4.69, 9.17) is 4.74 Å².